The summed E-state index contributed by atoms with van der Waals surface area (Å²) in [5.41, 5.74) is 4.03. The van der Waals surface area contributed by atoms with Crippen molar-refractivity contribution < 1.29 is 36.2 Å². The van der Waals surface area contributed by atoms with Gasteiger partial charge < -0.3 is 10.2 Å². The summed E-state index contributed by atoms with van der Waals surface area (Å²) in [6.07, 6.45) is 0. The van der Waals surface area contributed by atoms with Gasteiger partial charge in [-0.25, -0.2) is 0 Å². The van der Waals surface area contributed by atoms with Crippen molar-refractivity contribution in [2.24, 2.45) is 20.5 Å². The summed E-state index contributed by atoms with van der Waals surface area (Å²) < 4.78 is 67.5. The van der Waals surface area contributed by atoms with Gasteiger partial charge in [-0.3, -0.25) is 9.11 Å². The summed E-state index contributed by atoms with van der Waals surface area (Å²) in [7, 11) is -9.21. The minimum atomic E-state index is -4.60. The Balaban J connectivity index is 1.28. The molecule has 0 heterocycles. The zero-order chi connectivity index (χ0) is 34.4. The molecule has 48 heavy (non-hydrogen) atoms. The van der Waals surface area contributed by atoms with Gasteiger partial charge in [-0.2, -0.15) is 27.1 Å². The number of nitrogens with zero attached hydrogens (tertiary/aromatic N) is 4. The lowest BCUT2D eigenvalue weighted by molar-refractivity contribution is 0.477. The summed E-state index contributed by atoms with van der Waals surface area (Å²) in [6.45, 7) is 3.75. The number of aryl methyl sites for hydroxylation is 2. The molecule has 0 unspecified atom stereocenters. The first kappa shape index (κ1) is 32.4. The van der Waals surface area contributed by atoms with Crippen molar-refractivity contribution in [3.8, 4) is 22.6 Å². The highest BCUT2D eigenvalue weighted by Crippen LogP contribution is 2.41. The van der Waals surface area contributed by atoms with Crippen LogP contribution in [0, 0.1) is 13.8 Å². The standard InChI is InChI=1S/C34H26N4O8S2/c1-19-15-21(35-37-29-17-31(47(41,42)43)25-7-3-5-9-27(25)33(29)39)11-13-23(19)24-14-12-22(16-20(24)2)36-38-30-18-32(48(44,45)46)26-8-4-6-10-28(26)34(30)40/h3-18,39-40H,1-2H3,(H,41,42,43)(H,44,45,46). The van der Waals surface area contributed by atoms with Crippen LogP contribution in [0.4, 0.5) is 22.7 Å². The molecule has 0 aliphatic rings. The number of phenolic OH excluding ortho intramolecular Hbond substituents is 2. The van der Waals surface area contributed by atoms with Gasteiger partial charge in [-0.1, -0.05) is 60.7 Å². The maximum atomic E-state index is 12.0. The summed E-state index contributed by atoms with van der Waals surface area (Å²) >= 11 is 0. The maximum absolute atomic E-state index is 12.0. The molecule has 0 bridgehead atoms. The van der Waals surface area contributed by atoms with E-state index in [2.05, 4.69) is 20.5 Å². The largest absolute Gasteiger partial charge is 0.505 e. The van der Waals surface area contributed by atoms with Crippen LogP contribution in [0.5, 0.6) is 11.5 Å². The molecule has 0 spiro atoms. The smallest absolute Gasteiger partial charge is 0.295 e. The van der Waals surface area contributed by atoms with Gasteiger partial charge >= 0.3 is 0 Å². The fourth-order valence-corrected chi connectivity index (χ4v) is 6.89. The van der Waals surface area contributed by atoms with Gasteiger partial charge in [-0.05, 0) is 72.5 Å². The highest BCUT2D eigenvalue weighted by atomic mass is 32.2. The van der Waals surface area contributed by atoms with Gasteiger partial charge in [0.05, 0.1) is 11.4 Å². The Hall–Kier alpha value is -5.54. The minimum absolute atomic E-state index is 0.130. The average molecular weight is 683 g/mol. The van der Waals surface area contributed by atoms with Crippen molar-refractivity contribution in [1.29, 1.82) is 0 Å². The van der Waals surface area contributed by atoms with Crippen LogP contribution < -0.4 is 0 Å². The second-order valence-corrected chi connectivity index (χ2v) is 13.7. The van der Waals surface area contributed by atoms with Crippen LogP contribution in [0.15, 0.2) is 127 Å². The van der Waals surface area contributed by atoms with E-state index in [1.807, 2.05) is 26.0 Å². The number of hydrogen-bond acceptors (Lipinski definition) is 10. The van der Waals surface area contributed by atoms with E-state index in [1.165, 1.54) is 24.3 Å². The van der Waals surface area contributed by atoms with E-state index in [0.29, 0.717) is 11.4 Å². The van der Waals surface area contributed by atoms with Crippen molar-refractivity contribution in [3.63, 3.8) is 0 Å². The fourth-order valence-electron chi connectivity index (χ4n) is 5.45. The van der Waals surface area contributed by atoms with E-state index in [9.17, 15) is 36.2 Å². The minimum Gasteiger partial charge on any atom is -0.505 e. The Kier molecular flexibility index (Phi) is 8.26. The van der Waals surface area contributed by atoms with E-state index in [-0.39, 0.29) is 44.4 Å². The molecule has 6 aromatic carbocycles. The topological polar surface area (TPSA) is 199 Å². The molecule has 4 N–H and O–H groups in total. The molecule has 6 rings (SSSR count). The predicted octanol–water partition coefficient (Wildman–Crippen LogP) is 9.01. The van der Waals surface area contributed by atoms with Crippen molar-refractivity contribution in [2.75, 3.05) is 0 Å². The Morgan fingerprint density at radius 3 is 1.17 bits per heavy atom. The molecule has 14 heteroatoms. The van der Waals surface area contributed by atoms with Crippen LogP contribution >= 0.6 is 0 Å². The summed E-state index contributed by atoms with van der Waals surface area (Å²) in [4.78, 5) is -0.793. The van der Waals surface area contributed by atoms with Crippen LogP contribution in [0.2, 0.25) is 0 Å². The van der Waals surface area contributed by atoms with E-state index >= 15 is 0 Å². The first-order valence-corrected chi connectivity index (χ1v) is 17.1. The third kappa shape index (κ3) is 6.24. The molecule has 0 atom stereocenters. The van der Waals surface area contributed by atoms with Gasteiger partial charge in [0.1, 0.15) is 21.2 Å². The van der Waals surface area contributed by atoms with Gasteiger partial charge in [-0.15, -0.1) is 10.2 Å². The molecular formula is C34H26N4O8S2. The maximum Gasteiger partial charge on any atom is 0.295 e. The second-order valence-electron chi connectivity index (χ2n) is 10.9. The number of azo groups is 2. The molecule has 0 aliphatic carbocycles. The SMILES string of the molecule is Cc1cc(N=Nc2cc(S(=O)(=O)O)c3ccccc3c2O)ccc1-c1ccc(N=Nc2cc(S(=O)(=O)O)c3ccccc3c2O)cc1C. The van der Waals surface area contributed by atoms with E-state index < -0.39 is 30.0 Å². The Labute approximate surface area is 274 Å². The molecule has 0 fully saturated rings. The van der Waals surface area contributed by atoms with Gasteiger partial charge in [0, 0.05) is 21.5 Å². The number of hydrogen-bond donors (Lipinski definition) is 4. The molecule has 12 nitrogen and oxygen atoms in total. The molecule has 0 saturated carbocycles. The van der Waals surface area contributed by atoms with Crippen molar-refractivity contribution in [2.45, 2.75) is 23.6 Å². The van der Waals surface area contributed by atoms with Crippen molar-refractivity contribution >= 4 is 64.5 Å². The fraction of sp³-hybridized carbons (Fsp3) is 0.0588. The molecule has 0 amide bonds. The first-order valence-electron chi connectivity index (χ1n) is 14.2. The van der Waals surface area contributed by atoms with Gasteiger partial charge in [0.2, 0.25) is 0 Å². The van der Waals surface area contributed by atoms with Crippen LogP contribution in [-0.4, -0.2) is 36.2 Å². The molecule has 0 aliphatic heterocycles. The Morgan fingerprint density at radius 1 is 0.479 bits per heavy atom. The van der Waals surface area contributed by atoms with Crippen LogP contribution in [0.3, 0.4) is 0 Å². The molecule has 0 radical (unpaired) electrons. The first-order chi connectivity index (χ1) is 22.7. The summed E-state index contributed by atoms with van der Waals surface area (Å²) in [6, 6.07) is 25.1. The molecular weight excluding hydrogens is 657 g/mol. The normalized spacial score (nSPS) is 12.5. The zero-order valence-corrected chi connectivity index (χ0v) is 26.9. The van der Waals surface area contributed by atoms with E-state index in [0.717, 1.165) is 34.4 Å². The van der Waals surface area contributed by atoms with E-state index in [4.69, 9.17) is 0 Å². The summed E-state index contributed by atoms with van der Waals surface area (Å²) in [5, 5.41) is 38.7. The Morgan fingerprint density at radius 2 is 0.833 bits per heavy atom. The molecule has 0 saturated heterocycles. The van der Waals surface area contributed by atoms with Crippen LogP contribution in [0.1, 0.15) is 11.1 Å². The van der Waals surface area contributed by atoms with Crippen LogP contribution in [-0.2, 0) is 20.2 Å². The third-order valence-corrected chi connectivity index (χ3v) is 9.52. The molecule has 242 valence electrons. The predicted molar refractivity (Wildman–Crippen MR) is 181 cm³/mol. The highest BCUT2D eigenvalue weighted by Gasteiger charge is 2.21. The summed E-state index contributed by atoms with van der Waals surface area (Å²) in [5.74, 6) is -0.560. The number of benzene rings is 6. The van der Waals surface area contributed by atoms with Crippen molar-refractivity contribution in [1.82, 2.24) is 0 Å². The number of fused-ring (bicyclic) bond motifs is 2. The second kappa shape index (κ2) is 12.2. The lowest BCUT2D eigenvalue weighted by atomic mass is 9.96. The van der Waals surface area contributed by atoms with E-state index in [1.54, 1.807) is 48.5 Å². The molecule has 0 aromatic heterocycles. The van der Waals surface area contributed by atoms with Crippen LogP contribution in [0.25, 0.3) is 32.7 Å². The average Bonchev–Trinajstić information content (AvgIpc) is 3.03. The lowest BCUT2D eigenvalue weighted by Gasteiger charge is -2.11. The lowest BCUT2D eigenvalue weighted by Crippen LogP contribution is -1.99. The highest BCUT2D eigenvalue weighted by molar-refractivity contribution is 7.86. The monoisotopic (exact) mass is 682 g/mol. The Bertz CT molecular complexity index is 2390. The quantitative estimate of drug-likeness (QED) is 0.0944. The zero-order valence-electron chi connectivity index (χ0n) is 25.3. The number of aromatic hydroxyl groups is 2. The van der Waals surface area contributed by atoms with Gasteiger partial charge in [0.15, 0.2) is 11.5 Å². The van der Waals surface area contributed by atoms with Crippen molar-refractivity contribution in [3.05, 3.63) is 108 Å². The molecule has 6 aromatic rings. The third-order valence-electron chi connectivity index (χ3n) is 7.73. The van der Waals surface area contributed by atoms with Gasteiger partial charge in [0.25, 0.3) is 20.2 Å². The number of rotatable bonds is 7. The number of phenols is 2.